The Morgan fingerprint density at radius 1 is 1.03 bits per heavy atom. The van der Waals surface area contributed by atoms with E-state index in [2.05, 4.69) is 20.6 Å². The predicted molar refractivity (Wildman–Crippen MR) is 115 cm³/mol. The molecule has 0 radical (unpaired) electrons. The van der Waals surface area contributed by atoms with Gasteiger partial charge in [0, 0.05) is 36.3 Å². The molecule has 0 fully saturated rings. The summed E-state index contributed by atoms with van der Waals surface area (Å²) >= 11 is 0. The normalized spacial score (nSPS) is 10.6. The van der Waals surface area contributed by atoms with E-state index in [0.717, 1.165) is 16.8 Å². The van der Waals surface area contributed by atoms with Crippen molar-refractivity contribution in [1.82, 2.24) is 15.3 Å². The number of hydrogen-bond donors (Lipinski definition) is 2. The lowest BCUT2D eigenvalue weighted by molar-refractivity contribution is -0.137. The number of amides is 1. The summed E-state index contributed by atoms with van der Waals surface area (Å²) in [7, 11) is 0. The molecular weight excluding hydrogens is 380 g/mol. The zero-order valence-corrected chi connectivity index (χ0v) is 16.5. The smallest absolute Gasteiger partial charge is 0.330 e. The first kappa shape index (κ1) is 20.7. The third-order valence-electron chi connectivity index (χ3n) is 4.05. The molecule has 2 N–H and O–H groups in total. The SMILES string of the molecule is CCOC(=O)/C=C/c1cccc(CNC(=O)c2cccc(Nc3ncccn3)c2)c1. The molecule has 1 heterocycles. The van der Waals surface area contributed by atoms with Gasteiger partial charge in [0.15, 0.2) is 0 Å². The van der Waals surface area contributed by atoms with Crippen LogP contribution in [-0.2, 0) is 16.1 Å². The molecule has 7 nitrogen and oxygen atoms in total. The van der Waals surface area contributed by atoms with E-state index >= 15 is 0 Å². The second-order valence-corrected chi connectivity index (χ2v) is 6.29. The van der Waals surface area contributed by atoms with Crippen molar-refractivity contribution in [2.75, 3.05) is 11.9 Å². The van der Waals surface area contributed by atoms with Crippen LogP contribution >= 0.6 is 0 Å². The Balaban J connectivity index is 1.60. The number of nitrogens with zero attached hydrogens (tertiary/aromatic N) is 2. The van der Waals surface area contributed by atoms with Gasteiger partial charge in [-0.05, 0) is 54.5 Å². The second kappa shape index (κ2) is 10.5. The van der Waals surface area contributed by atoms with Crippen molar-refractivity contribution in [3.8, 4) is 0 Å². The van der Waals surface area contributed by atoms with Crippen LogP contribution in [0.4, 0.5) is 11.6 Å². The third-order valence-corrected chi connectivity index (χ3v) is 4.05. The van der Waals surface area contributed by atoms with Crippen LogP contribution in [0.15, 0.2) is 73.1 Å². The molecule has 1 amide bonds. The number of carbonyl (C=O) groups excluding carboxylic acids is 2. The Kier molecular flexibility index (Phi) is 7.27. The molecule has 0 atom stereocenters. The van der Waals surface area contributed by atoms with Gasteiger partial charge in [-0.15, -0.1) is 0 Å². The molecule has 3 aromatic rings. The van der Waals surface area contributed by atoms with E-state index in [9.17, 15) is 9.59 Å². The van der Waals surface area contributed by atoms with Gasteiger partial charge in [-0.25, -0.2) is 14.8 Å². The Morgan fingerprint density at radius 3 is 2.63 bits per heavy atom. The van der Waals surface area contributed by atoms with Crippen LogP contribution in [0, 0.1) is 0 Å². The molecule has 30 heavy (non-hydrogen) atoms. The third kappa shape index (κ3) is 6.27. The molecule has 0 aliphatic rings. The summed E-state index contributed by atoms with van der Waals surface area (Å²) in [6, 6.07) is 16.4. The predicted octanol–water partition coefficient (Wildman–Crippen LogP) is 3.73. The molecule has 0 bridgehead atoms. The van der Waals surface area contributed by atoms with Gasteiger partial charge in [0.1, 0.15) is 0 Å². The molecule has 0 unspecified atom stereocenters. The number of benzene rings is 2. The first-order chi connectivity index (χ1) is 14.6. The van der Waals surface area contributed by atoms with Gasteiger partial charge in [-0.2, -0.15) is 0 Å². The minimum atomic E-state index is -0.384. The minimum absolute atomic E-state index is 0.194. The highest BCUT2D eigenvalue weighted by atomic mass is 16.5. The average Bonchev–Trinajstić information content (AvgIpc) is 2.77. The number of aromatic nitrogens is 2. The summed E-state index contributed by atoms with van der Waals surface area (Å²) < 4.78 is 4.87. The summed E-state index contributed by atoms with van der Waals surface area (Å²) in [5, 5.41) is 5.97. The molecule has 7 heteroatoms. The van der Waals surface area contributed by atoms with E-state index in [1.165, 1.54) is 6.08 Å². The maximum absolute atomic E-state index is 12.5. The maximum Gasteiger partial charge on any atom is 0.330 e. The molecule has 2 aromatic carbocycles. The van der Waals surface area contributed by atoms with Crippen LogP contribution in [0.2, 0.25) is 0 Å². The summed E-state index contributed by atoms with van der Waals surface area (Å²) in [5.41, 5.74) is 3.01. The Hall–Kier alpha value is -4.00. The zero-order valence-electron chi connectivity index (χ0n) is 16.5. The number of hydrogen-bond acceptors (Lipinski definition) is 6. The first-order valence-electron chi connectivity index (χ1n) is 9.50. The van der Waals surface area contributed by atoms with Gasteiger partial charge in [0.05, 0.1) is 6.61 Å². The van der Waals surface area contributed by atoms with E-state index in [1.807, 2.05) is 30.3 Å². The van der Waals surface area contributed by atoms with Crippen molar-refractivity contribution in [1.29, 1.82) is 0 Å². The summed E-state index contributed by atoms with van der Waals surface area (Å²) in [5.74, 6) is -0.117. The minimum Gasteiger partial charge on any atom is -0.463 e. The van der Waals surface area contributed by atoms with E-state index in [1.54, 1.807) is 49.7 Å². The van der Waals surface area contributed by atoms with E-state index in [4.69, 9.17) is 4.74 Å². The largest absolute Gasteiger partial charge is 0.463 e. The second-order valence-electron chi connectivity index (χ2n) is 6.29. The van der Waals surface area contributed by atoms with Gasteiger partial charge < -0.3 is 15.4 Å². The van der Waals surface area contributed by atoms with Gasteiger partial charge in [0.25, 0.3) is 5.91 Å². The van der Waals surface area contributed by atoms with Crippen molar-refractivity contribution in [3.63, 3.8) is 0 Å². The first-order valence-corrected chi connectivity index (χ1v) is 9.50. The molecule has 0 saturated heterocycles. The van der Waals surface area contributed by atoms with Gasteiger partial charge in [-0.3, -0.25) is 4.79 Å². The molecular formula is C23H22N4O3. The molecule has 3 rings (SSSR count). The molecule has 1 aromatic heterocycles. The van der Waals surface area contributed by atoms with Crippen LogP contribution in [0.5, 0.6) is 0 Å². The van der Waals surface area contributed by atoms with Crippen LogP contribution < -0.4 is 10.6 Å². The van der Waals surface area contributed by atoms with Crippen molar-refractivity contribution < 1.29 is 14.3 Å². The summed E-state index contributed by atoms with van der Waals surface area (Å²) in [6.07, 6.45) is 6.35. The van der Waals surface area contributed by atoms with Crippen molar-refractivity contribution >= 4 is 29.6 Å². The number of ether oxygens (including phenoxy) is 1. The fourth-order valence-electron chi connectivity index (χ4n) is 2.68. The molecule has 0 spiro atoms. The average molecular weight is 402 g/mol. The standard InChI is InChI=1S/C23H22N4O3/c1-2-30-21(28)11-10-17-6-3-7-18(14-17)16-26-22(29)19-8-4-9-20(15-19)27-23-24-12-5-13-25-23/h3-15H,2,16H2,1H3,(H,26,29)(H,24,25,27)/b11-10+. The fourth-order valence-corrected chi connectivity index (χ4v) is 2.68. The van der Waals surface area contributed by atoms with E-state index in [-0.39, 0.29) is 11.9 Å². The van der Waals surface area contributed by atoms with Crippen molar-refractivity contribution in [3.05, 3.63) is 89.8 Å². The zero-order chi connectivity index (χ0) is 21.2. The monoisotopic (exact) mass is 402 g/mol. The molecule has 152 valence electrons. The van der Waals surface area contributed by atoms with Crippen LogP contribution in [-0.4, -0.2) is 28.5 Å². The van der Waals surface area contributed by atoms with Crippen LogP contribution in [0.3, 0.4) is 0 Å². The number of esters is 1. The highest BCUT2D eigenvalue weighted by Crippen LogP contribution is 2.15. The van der Waals surface area contributed by atoms with Gasteiger partial charge in [0.2, 0.25) is 5.95 Å². The lowest BCUT2D eigenvalue weighted by Gasteiger charge is -2.09. The quantitative estimate of drug-likeness (QED) is 0.441. The molecule has 0 aliphatic heterocycles. The molecule has 0 saturated carbocycles. The highest BCUT2D eigenvalue weighted by molar-refractivity contribution is 5.95. The highest BCUT2D eigenvalue weighted by Gasteiger charge is 2.07. The number of rotatable bonds is 8. The Labute approximate surface area is 174 Å². The lowest BCUT2D eigenvalue weighted by Crippen LogP contribution is -2.22. The van der Waals surface area contributed by atoms with Gasteiger partial charge in [-0.1, -0.05) is 24.3 Å². The Morgan fingerprint density at radius 2 is 1.83 bits per heavy atom. The number of nitrogens with one attached hydrogen (secondary N) is 2. The maximum atomic E-state index is 12.5. The topological polar surface area (TPSA) is 93.2 Å². The van der Waals surface area contributed by atoms with Crippen molar-refractivity contribution in [2.24, 2.45) is 0 Å². The Bertz CT molecular complexity index is 1040. The van der Waals surface area contributed by atoms with Crippen LogP contribution in [0.1, 0.15) is 28.4 Å². The van der Waals surface area contributed by atoms with E-state index < -0.39 is 0 Å². The fraction of sp³-hybridized carbons (Fsp3) is 0.130. The molecule has 0 aliphatic carbocycles. The lowest BCUT2D eigenvalue weighted by atomic mass is 10.1. The number of carbonyl (C=O) groups is 2. The van der Waals surface area contributed by atoms with E-state index in [0.29, 0.717) is 24.7 Å². The van der Waals surface area contributed by atoms with Gasteiger partial charge >= 0.3 is 5.97 Å². The number of anilines is 2. The van der Waals surface area contributed by atoms with Crippen molar-refractivity contribution in [2.45, 2.75) is 13.5 Å². The summed E-state index contributed by atoms with van der Waals surface area (Å²) in [6.45, 7) is 2.46. The summed E-state index contributed by atoms with van der Waals surface area (Å²) in [4.78, 5) is 32.2. The van der Waals surface area contributed by atoms with Crippen LogP contribution in [0.25, 0.3) is 6.08 Å².